The average molecular weight is 1060 g/mol. The van der Waals surface area contributed by atoms with Gasteiger partial charge in [-0.25, -0.2) is 0 Å². The zero-order valence-corrected chi connectivity index (χ0v) is 44.4. The minimum atomic E-state index is -1.69. The minimum absolute atomic E-state index is 0.0856. The van der Waals surface area contributed by atoms with E-state index in [1.54, 1.807) is 24.5 Å². The number of nitrogens with one attached hydrogen (secondary N) is 10. The zero-order chi connectivity index (χ0) is 55.4. The van der Waals surface area contributed by atoms with Gasteiger partial charge < -0.3 is 68.2 Å². The Kier molecular flexibility index (Phi) is 27.0. The summed E-state index contributed by atoms with van der Waals surface area (Å²) in [6, 6.07) is 5.94. The molecule has 76 heavy (non-hydrogen) atoms. The Bertz CT molecular complexity index is 2490. The van der Waals surface area contributed by atoms with Crippen LogP contribution in [0.4, 0.5) is 0 Å². The van der Waals surface area contributed by atoms with Gasteiger partial charge >= 0.3 is 0 Å². The van der Waals surface area contributed by atoms with E-state index in [1.165, 1.54) is 65.2 Å². The Labute approximate surface area is 445 Å². The third kappa shape index (κ3) is 20.7. The molecule has 0 unspecified atom stereocenters. The molecule has 0 aliphatic rings. The number of aliphatic hydroxyl groups excluding tert-OH is 3. The number of unbranched alkanes of at least 4 members (excludes halogenated alkanes) is 12. The highest BCUT2D eigenvalue weighted by Crippen LogP contribution is 2.21. The summed E-state index contributed by atoms with van der Waals surface area (Å²) in [6.07, 6.45) is 16.9. The largest absolute Gasteiger partial charge is 0.394 e. The predicted molar refractivity (Wildman–Crippen MR) is 292 cm³/mol. The van der Waals surface area contributed by atoms with Gasteiger partial charge in [0.25, 0.3) is 0 Å². The predicted octanol–water partition coefficient (Wildman–Crippen LogP) is 3.04. The van der Waals surface area contributed by atoms with E-state index in [4.69, 9.17) is 11.1 Å². The topological polar surface area (TPSA) is 346 Å². The SMILES string of the molecule is CCCCCCCCCCCCCCCC(=O)N[C@@H](CO)C(=O)N[C@@H](Cc1c[nH]c2ccccc12)C(=O)N[C@@H](CO)C(=O)N[C@@H](CCCNC(=N)N)C(=O)N[C@@H](Cc1c[nH]c2ccccc12)C(=O)N[C@H](C(C)=O)[C@@H](C)O. The first-order valence-corrected chi connectivity index (χ1v) is 27.0. The molecule has 21 nitrogen and oxygen atoms in total. The second-order valence-electron chi connectivity index (χ2n) is 19.7. The fourth-order valence-electron chi connectivity index (χ4n) is 9.12. The van der Waals surface area contributed by atoms with Crippen LogP contribution in [0.15, 0.2) is 60.9 Å². The summed E-state index contributed by atoms with van der Waals surface area (Å²) in [5.74, 6) is -5.75. The van der Waals surface area contributed by atoms with Gasteiger partial charge in [0.05, 0.1) is 19.3 Å². The van der Waals surface area contributed by atoms with Crippen molar-refractivity contribution < 1.29 is 48.9 Å². The number of para-hydroxylation sites is 2. The molecule has 21 heteroatoms. The number of H-pyrrole nitrogens is 2. The number of carbonyl (C=O) groups excluding carboxylic acids is 7. The Morgan fingerprint density at radius 3 is 1.43 bits per heavy atom. The highest BCUT2D eigenvalue weighted by atomic mass is 16.3. The van der Waals surface area contributed by atoms with Crippen molar-refractivity contribution in [3.63, 3.8) is 0 Å². The maximum absolute atomic E-state index is 14.3. The maximum Gasteiger partial charge on any atom is 0.245 e. The number of aliphatic hydroxyl groups is 3. The summed E-state index contributed by atoms with van der Waals surface area (Å²) in [6.45, 7) is 3.13. The summed E-state index contributed by atoms with van der Waals surface area (Å²) in [5, 5.41) is 58.3. The van der Waals surface area contributed by atoms with E-state index in [2.05, 4.69) is 54.1 Å². The van der Waals surface area contributed by atoms with Gasteiger partial charge in [-0.3, -0.25) is 39.0 Å². The van der Waals surface area contributed by atoms with Gasteiger partial charge in [-0.05, 0) is 56.4 Å². The summed E-state index contributed by atoms with van der Waals surface area (Å²) in [4.78, 5) is 102. The molecule has 7 atom stereocenters. The molecule has 6 amide bonds. The molecule has 0 fully saturated rings. The number of hydrogen-bond donors (Lipinski definition) is 14. The number of carbonyl (C=O) groups is 7. The Morgan fingerprint density at radius 1 is 0.566 bits per heavy atom. The van der Waals surface area contributed by atoms with Crippen molar-refractivity contribution in [3.8, 4) is 0 Å². The number of rotatable bonds is 37. The number of benzene rings is 2. The van der Waals surface area contributed by atoms with Crippen molar-refractivity contribution >= 4 is 69.0 Å². The Morgan fingerprint density at radius 2 is 0.974 bits per heavy atom. The molecule has 418 valence electrons. The molecular formula is C55H83N11O10. The van der Waals surface area contributed by atoms with Gasteiger partial charge in [-0.15, -0.1) is 0 Å². The lowest BCUT2D eigenvalue weighted by atomic mass is 10.0. The third-order valence-electron chi connectivity index (χ3n) is 13.5. The van der Waals surface area contributed by atoms with Crippen molar-refractivity contribution in [2.75, 3.05) is 19.8 Å². The lowest BCUT2D eigenvalue weighted by Crippen LogP contribution is -2.61. The van der Waals surface area contributed by atoms with Crippen LogP contribution in [0.1, 0.15) is 135 Å². The molecule has 2 aromatic heterocycles. The molecule has 0 aliphatic carbocycles. The van der Waals surface area contributed by atoms with Crippen molar-refractivity contribution in [1.82, 2.24) is 47.2 Å². The molecule has 2 aromatic carbocycles. The van der Waals surface area contributed by atoms with E-state index < -0.39 is 96.8 Å². The van der Waals surface area contributed by atoms with E-state index in [9.17, 15) is 48.9 Å². The number of fused-ring (bicyclic) bond motifs is 2. The molecule has 2 heterocycles. The van der Waals surface area contributed by atoms with E-state index >= 15 is 0 Å². The normalized spacial score (nSPS) is 14.1. The smallest absolute Gasteiger partial charge is 0.245 e. The van der Waals surface area contributed by atoms with Crippen LogP contribution < -0.4 is 43.0 Å². The maximum atomic E-state index is 14.3. The molecule has 15 N–H and O–H groups in total. The molecule has 0 spiro atoms. The van der Waals surface area contributed by atoms with Crippen LogP contribution in [-0.2, 0) is 46.4 Å². The van der Waals surface area contributed by atoms with Gasteiger partial charge in [-0.2, -0.15) is 0 Å². The van der Waals surface area contributed by atoms with Crippen molar-refractivity contribution in [1.29, 1.82) is 5.41 Å². The van der Waals surface area contributed by atoms with Crippen LogP contribution in [-0.4, -0.2) is 135 Å². The number of aromatic nitrogens is 2. The Hall–Kier alpha value is -6.84. The van der Waals surface area contributed by atoms with Crippen molar-refractivity contribution in [2.24, 2.45) is 5.73 Å². The molecule has 0 radical (unpaired) electrons. The lowest BCUT2D eigenvalue weighted by molar-refractivity contribution is -0.136. The molecule has 0 saturated heterocycles. The van der Waals surface area contributed by atoms with Gasteiger partial charge in [-0.1, -0.05) is 120 Å². The molecule has 0 aliphatic heterocycles. The van der Waals surface area contributed by atoms with E-state index in [1.807, 2.05) is 36.4 Å². The second-order valence-corrected chi connectivity index (χ2v) is 19.7. The highest BCUT2D eigenvalue weighted by Gasteiger charge is 2.34. The number of guanidine groups is 1. The Balaban J connectivity index is 1.46. The van der Waals surface area contributed by atoms with E-state index in [0.29, 0.717) is 17.5 Å². The van der Waals surface area contributed by atoms with E-state index in [-0.39, 0.29) is 44.6 Å². The number of hydrogen-bond acceptors (Lipinski definition) is 11. The van der Waals surface area contributed by atoms with Crippen LogP contribution in [0, 0.1) is 5.41 Å². The summed E-state index contributed by atoms with van der Waals surface area (Å²) >= 11 is 0. The molecule has 0 bridgehead atoms. The van der Waals surface area contributed by atoms with Crippen LogP contribution in [0.5, 0.6) is 0 Å². The lowest BCUT2D eigenvalue weighted by Gasteiger charge is -2.27. The number of nitrogens with two attached hydrogens (primary N) is 1. The quantitative estimate of drug-likeness (QED) is 0.0176. The minimum Gasteiger partial charge on any atom is -0.394 e. The third-order valence-corrected chi connectivity index (χ3v) is 13.5. The first-order valence-electron chi connectivity index (χ1n) is 27.0. The number of ketones is 1. The van der Waals surface area contributed by atoms with Crippen LogP contribution in [0.25, 0.3) is 21.8 Å². The fraction of sp³-hybridized carbons (Fsp3) is 0.564. The fourth-order valence-corrected chi connectivity index (χ4v) is 9.12. The molecule has 0 saturated carbocycles. The van der Waals surface area contributed by atoms with Crippen molar-refractivity contribution in [3.05, 3.63) is 72.1 Å². The number of aromatic amines is 2. The van der Waals surface area contributed by atoms with Gasteiger partial charge in [0, 0.05) is 60.0 Å². The summed E-state index contributed by atoms with van der Waals surface area (Å²) < 4.78 is 0. The molecular weight excluding hydrogens is 975 g/mol. The second kappa shape index (κ2) is 33.2. The zero-order valence-electron chi connectivity index (χ0n) is 44.4. The monoisotopic (exact) mass is 1060 g/mol. The number of Topliss-reactive ketones (excluding diaryl/α,β-unsaturated/α-hetero) is 1. The molecule has 4 aromatic rings. The number of amides is 6. The van der Waals surface area contributed by atoms with E-state index in [0.717, 1.165) is 47.5 Å². The first kappa shape index (κ1) is 61.7. The highest BCUT2D eigenvalue weighted by molar-refractivity contribution is 5.98. The molecule has 4 rings (SSSR count). The summed E-state index contributed by atoms with van der Waals surface area (Å²) in [7, 11) is 0. The van der Waals surface area contributed by atoms with Crippen LogP contribution in [0.2, 0.25) is 0 Å². The van der Waals surface area contributed by atoms with Crippen LogP contribution in [0.3, 0.4) is 0 Å². The standard InChI is InChI=1S/C55H83N11O10/c1-4-5-6-7-8-9-10-11-12-13-14-15-16-27-48(71)61-46(33-67)53(75)64-44(29-37-31-59-41-24-19-17-22-39(37)41)51(73)65-47(34-68)54(76)62-43(26-21-28-58-55(56)57)50(72)63-45(52(74)66-49(35(2)69)36(3)70)30-38-32-60-42-25-20-18-23-40(38)42/h17-20,22-25,31-32,35,43-47,49,59-60,67-69H,4-16,21,26-30,33-34H2,1-3H3,(H,61,71)(H,62,76)(H,63,72)(H,64,75)(H,65,73)(H,66,74)(H4,56,57,58)/t35-,43+,44+,45+,46+,47+,49+/m1/s1. The first-order chi connectivity index (χ1) is 36.6. The van der Waals surface area contributed by atoms with Gasteiger partial charge in [0.15, 0.2) is 11.7 Å². The van der Waals surface area contributed by atoms with Crippen LogP contribution >= 0.6 is 0 Å². The average Bonchev–Trinajstić information content (AvgIpc) is 4.01. The summed E-state index contributed by atoms with van der Waals surface area (Å²) in [5.41, 5.74) is 8.22. The van der Waals surface area contributed by atoms with Gasteiger partial charge in [0.1, 0.15) is 36.3 Å². The van der Waals surface area contributed by atoms with Crippen molar-refractivity contribution in [2.45, 2.75) is 179 Å². The van der Waals surface area contributed by atoms with Gasteiger partial charge in [0.2, 0.25) is 35.4 Å².